The third kappa shape index (κ3) is 6.42. The fourth-order valence-electron chi connectivity index (χ4n) is 3.47. The lowest BCUT2D eigenvalue weighted by molar-refractivity contribution is -0.121. The number of unbranched alkanes of at least 4 members (excludes halogenated alkanes) is 1. The third-order valence-corrected chi connectivity index (χ3v) is 6.20. The first kappa shape index (κ1) is 24.5. The lowest BCUT2D eigenvalue weighted by Crippen LogP contribution is -2.21. The number of fused-ring (bicyclic) bond motifs is 1. The van der Waals surface area contributed by atoms with Gasteiger partial charge in [-0.15, -0.1) is 11.3 Å². The highest BCUT2D eigenvalue weighted by molar-refractivity contribution is 7.17. The molecule has 2 aromatic carbocycles. The van der Waals surface area contributed by atoms with E-state index in [0.717, 1.165) is 35.9 Å². The van der Waals surface area contributed by atoms with Crippen LogP contribution in [0.5, 0.6) is 11.5 Å². The van der Waals surface area contributed by atoms with Gasteiger partial charge < -0.3 is 9.47 Å². The van der Waals surface area contributed by atoms with Crippen LogP contribution in [-0.2, 0) is 4.79 Å². The lowest BCUT2D eigenvalue weighted by atomic mass is 10.0. The molecule has 3 rings (SSSR count). The Morgan fingerprint density at radius 3 is 2.61 bits per heavy atom. The molecule has 0 aliphatic carbocycles. The van der Waals surface area contributed by atoms with Gasteiger partial charge in [0.2, 0.25) is 5.91 Å². The largest absolute Gasteiger partial charge is 0.493 e. The van der Waals surface area contributed by atoms with Gasteiger partial charge in [-0.2, -0.15) is 5.10 Å². The van der Waals surface area contributed by atoms with Crippen LogP contribution in [0.1, 0.15) is 61.9 Å². The summed E-state index contributed by atoms with van der Waals surface area (Å²) in [4.78, 5) is 25.1. The number of Topliss-reactive ketones (excluding diaryl/α,β-unsaturated/α-hetero) is 1. The normalized spacial score (nSPS) is 11.4. The predicted octanol–water partition coefficient (Wildman–Crippen LogP) is 5.98. The molecule has 0 spiro atoms. The van der Waals surface area contributed by atoms with Crippen LogP contribution in [0.15, 0.2) is 52.9 Å². The zero-order valence-corrected chi connectivity index (χ0v) is 20.2. The molecular formula is C26H30N2O4S. The molecule has 33 heavy (non-hydrogen) atoms. The molecule has 174 valence electrons. The number of ketones is 1. The minimum atomic E-state index is -0.282. The summed E-state index contributed by atoms with van der Waals surface area (Å²) >= 11 is 1.67. The first-order valence-corrected chi connectivity index (χ1v) is 12.1. The van der Waals surface area contributed by atoms with Gasteiger partial charge in [0.05, 0.1) is 19.4 Å². The van der Waals surface area contributed by atoms with E-state index >= 15 is 0 Å². The van der Waals surface area contributed by atoms with Crippen molar-refractivity contribution in [3.05, 3.63) is 59.0 Å². The quantitative estimate of drug-likeness (QED) is 0.202. The lowest BCUT2D eigenvalue weighted by Gasteiger charge is -2.10. The highest BCUT2D eigenvalue weighted by atomic mass is 32.1. The van der Waals surface area contributed by atoms with Gasteiger partial charge in [-0.3, -0.25) is 9.59 Å². The molecule has 3 aromatic rings. The number of benzene rings is 2. The van der Waals surface area contributed by atoms with Crippen molar-refractivity contribution in [2.45, 2.75) is 46.0 Å². The Labute approximate surface area is 198 Å². The van der Waals surface area contributed by atoms with Gasteiger partial charge in [0.1, 0.15) is 0 Å². The molecule has 0 aliphatic rings. The minimum absolute atomic E-state index is 0.0593. The average Bonchev–Trinajstić information content (AvgIpc) is 3.27. The zero-order valence-electron chi connectivity index (χ0n) is 19.3. The van der Waals surface area contributed by atoms with Crippen molar-refractivity contribution in [1.29, 1.82) is 0 Å². The Balaban J connectivity index is 1.65. The van der Waals surface area contributed by atoms with E-state index in [2.05, 4.69) is 35.0 Å². The van der Waals surface area contributed by atoms with Gasteiger partial charge in [0.25, 0.3) is 0 Å². The topological polar surface area (TPSA) is 77.0 Å². The van der Waals surface area contributed by atoms with Crippen molar-refractivity contribution in [2.75, 3.05) is 13.7 Å². The number of nitrogens with zero attached hydrogens (tertiary/aromatic N) is 1. The van der Waals surface area contributed by atoms with Crippen molar-refractivity contribution < 1.29 is 19.1 Å². The number of thiophene rings is 1. The van der Waals surface area contributed by atoms with Crippen molar-refractivity contribution >= 4 is 38.8 Å². The number of carbonyl (C=O) groups excluding carboxylic acids is 2. The highest BCUT2D eigenvalue weighted by Crippen LogP contribution is 2.29. The monoisotopic (exact) mass is 466 g/mol. The summed E-state index contributed by atoms with van der Waals surface area (Å²) in [7, 11) is 1.55. The Hall–Kier alpha value is -3.19. The highest BCUT2D eigenvalue weighted by Gasteiger charge is 2.14. The molecule has 0 bridgehead atoms. The van der Waals surface area contributed by atoms with Crippen LogP contribution in [0.25, 0.3) is 10.1 Å². The molecule has 0 saturated heterocycles. The van der Waals surface area contributed by atoms with E-state index in [-0.39, 0.29) is 24.5 Å². The fraction of sp³-hybridized carbons (Fsp3) is 0.346. The average molecular weight is 467 g/mol. The number of carbonyl (C=O) groups is 2. The number of hydrogen-bond acceptors (Lipinski definition) is 6. The van der Waals surface area contributed by atoms with Crippen molar-refractivity contribution in [1.82, 2.24) is 5.43 Å². The van der Waals surface area contributed by atoms with Crippen LogP contribution in [0.4, 0.5) is 0 Å². The van der Waals surface area contributed by atoms with E-state index in [1.807, 2.05) is 19.1 Å². The van der Waals surface area contributed by atoms with Crippen molar-refractivity contribution in [2.24, 2.45) is 5.10 Å². The molecule has 0 radical (unpaired) electrons. The number of nitrogens with one attached hydrogen (secondary N) is 1. The summed E-state index contributed by atoms with van der Waals surface area (Å²) in [5.74, 6) is 0.674. The second-order valence-corrected chi connectivity index (χ2v) is 8.48. The first-order chi connectivity index (χ1) is 16.1. The van der Waals surface area contributed by atoms with Crippen LogP contribution < -0.4 is 14.9 Å². The van der Waals surface area contributed by atoms with E-state index in [9.17, 15) is 9.59 Å². The summed E-state index contributed by atoms with van der Waals surface area (Å²) < 4.78 is 12.0. The van der Waals surface area contributed by atoms with Crippen LogP contribution in [0, 0.1) is 0 Å². The number of hydrazone groups is 1. The number of rotatable bonds is 12. The second kappa shape index (κ2) is 12.2. The van der Waals surface area contributed by atoms with E-state index < -0.39 is 0 Å². The van der Waals surface area contributed by atoms with Gasteiger partial charge >= 0.3 is 0 Å². The zero-order chi connectivity index (χ0) is 23.6. The Kier molecular flexibility index (Phi) is 9.01. The summed E-state index contributed by atoms with van der Waals surface area (Å²) in [6, 6.07) is 13.2. The summed E-state index contributed by atoms with van der Waals surface area (Å²) in [6.45, 7) is 4.46. The minimum Gasteiger partial charge on any atom is -0.493 e. The maximum atomic E-state index is 12.6. The maximum Gasteiger partial charge on any atom is 0.240 e. The van der Waals surface area contributed by atoms with Crippen molar-refractivity contribution in [3.63, 3.8) is 0 Å². The Morgan fingerprint density at radius 2 is 1.85 bits per heavy atom. The molecular weight excluding hydrogens is 436 g/mol. The van der Waals surface area contributed by atoms with Gasteiger partial charge in [0.15, 0.2) is 17.3 Å². The number of methoxy groups -OCH3 is 1. The van der Waals surface area contributed by atoms with Gasteiger partial charge in [0, 0.05) is 39.4 Å². The second-order valence-electron chi connectivity index (χ2n) is 7.56. The van der Waals surface area contributed by atoms with Gasteiger partial charge in [-0.05, 0) is 44.0 Å². The van der Waals surface area contributed by atoms with E-state index in [1.165, 1.54) is 4.70 Å². The molecule has 1 heterocycles. The van der Waals surface area contributed by atoms with Crippen LogP contribution in [-0.4, -0.2) is 31.1 Å². The molecule has 1 N–H and O–H groups in total. The summed E-state index contributed by atoms with van der Waals surface area (Å²) in [6.07, 6.45) is 2.95. The number of amides is 1. The van der Waals surface area contributed by atoms with E-state index in [0.29, 0.717) is 23.7 Å². The standard InChI is InChI=1S/C26H30N2O4S/c1-4-6-10-21(20-17-33-25-11-8-7-9-19(20)25)27-28-26(30)15-13-22(29)18-12-14-23(31-3)24(16-18)32-5-2/h7-9,11-12,14,16-17H,4-6,10,13,15H2,1-3H3,(H,28,30)/b27-21-. The predicted molar refractivity (Wildman–Crippen MR) is 134 cm³/mol. The molecule has 0 fully saturated rings. The Bertz CT molecular complexity index is 1140. The SMILES string of the molecule is CCCC/C(=N/NC(=O)CCC(=O)c1ccc(OC)c(OCC)c1)c1csc2ccccc12. The number of ether oxygens (including phenoxy) is 2. The fourth-order valence-corrected chi connectivity index (χ4v) is 4.44. The molecule has 0 unspecified atom stereocenters. The molecule has 1 amide bonds. The number of hydrogen-bond donors (Lipinski definition) is 1. The van der Waals surface area contributed by atoms with Gasteiger partial charge in [-0.1, -0.05) is 31.5 Å². The van der Waals surface area contributed by atoms with Crippen LogP contribution >= 0.6 is 11.3 Å². The molecule has 0 aliphatic heterocycles. The molecule has 0 atom stereocenters. The van der Waals surface area contributed by atoms with E-state index in [1.54, 1.807) is 36.6 Å². The third-order valence-electron chi connectivity index (χ3n) is 5.24. The molecule has 0 saturated carbocycles. The first-order valence-electron chi connectivity index (χ1n) is 11.2. The van der Waals surface area contributed by atoms with E-state index in [4.69, 9.17) is 9.47 Å². The maximum absolute atomic E-state index is 12.6. The Morgan fingerprint density at radius 1 is 1.03 bits per heavy atom. The van der Waals surface area contributed by atoms with Crippen molar-refractivity contribution in [3.8, 4) is 11.5 Å². The molecule has 6 nitrogen and oxygen atoms in total. The van der Waals surface area contributed by atoms with Crippen LogP contribution in [0.3, 0.4) is 0 Å². The summed E-state index contributed by atoms with van der Waals surface area (Å²) in [5, 5.41) is 7.68. The summed E-state index contributed by atoms with van der Waals surface area (Å²) in [5.41, 5.74) is 5.07. The van der Waals surface area contributed by atoms with Gasteiger partial charge in [-0.25, -0.2) is 5.43 Å². The molecule has 1 aromatic heterocycles. The smallest absolute Gasteiger partial charge is 0.240 e. The molecule has 7 heteroatoms. The van der Waals surface area contributed by atoms with Crippen LogP contribution in [0.2, 0.25) is 0 Å².